The maximum Gasteiger partial charge on any atom is 0.253 e. The van der Waals surface area contributed by atoms with Crippen molar-refractivity contribution < 1.29 is 4.79 Å². The van der Waals surface area contributed by atoms with Gasteiger partial charge in [0.1, 0.15) is 0 Å². The minimum atomic E-state index is 0.130. The molecule has 1 aliphatic heterocycles. The van der Waals surface area contributed by atoms with Crippen molar-refractivity contribution in [3.05, 3.63) is 64.7 Å². The Bertz CT molecular complexity index is 751. The summed E-state index contributed by atoms with van der Waals surface area (Å²) in [5, 5.41) is 0. The van der Waals surface area contributed by atoms with Crippen molar-refractivity contribution >= 4 is 17.7 Å². The van der Waals surface area contributed by atoms with Crippen LogP contribution in [0.15, 0.2) is 47.4 Å². The summed E-state index contributed by atoms with van der Waals surface area (Å²) in [5.74, 6) is 1.00. The first kappa shape index (κ1) is 18.0. The van der Waals surface area contributed by atoms with Crippen molar-refractivity contribution in [3.8, 4) is 0 Å². The smallest absolute Gasteiger partial charge is 0.253 e. The lowest BCUT2D eigenvalue weighted by Gasteiger charge is -2.30. The van der Waals surface area contributed by atoms with E-state index in [4.69, 9.17) is 5.73 Å². The molecule has 2 N–H and O–H groups in total. The average molecular weight is 355 g/mol. The molecule has 0 aliphatic carbocycles. The second-order valence-corrected chi connectivity index (χ2v) is 7.90. The first-order valence-corrected chi connectivity index (χ1v) is 9.85. The molecule has 0 saturated carbocycles. The van der Waals surface area contributed by atoms with Crippen LogP contribution >= 0.6 is 11.8 Å². The molecule has 2 aromatic rings. The van der Waals surface area contributed by atoms with E-state index in [1.807, 2.05) is 34.9 Å². The van der Waals surface area contributed by atoms with Gasteiger partial charge >= 0.3 is 0 Å². The number of nitrogens with zero attached hydrogens (tertiary/aromatic N) is 1. The molecule has 1 saturated heterocycles. The number of rotatable bonds is 4. The number of amides is 1. The van der Waals surface area contributed by atoms with E-state index in [0.717, 1.165) is 37.2 Å². The van der Waals surface area contributed by atoms with Gasteiger partial charge in [0.15, 0.2) is 0 Å². The molecule has 0 bridgehead atoms. The number of benzene rings is 2. The fraction of sp³-hybridized carbons (Fsp3) is 0.381. The molecule has 3 rings (SSSR count). The summed E-state index contributed by atoms with van der Waals surface area (Å²) >= 11 is 1.82. The van der Waals surface area contributed by atoms with E-state index in [9.17, 15) is 4.79 Å². The Kier molecular flexibility index (Phi) is 5.82. The van der Waals surface area contributed by atoms with Gasteiger partial charge in [-0.3, -0.25) is 4.79 Å². The third-order valence-electron chi connectivity index (χ3n) is 4.73. The van der Waals surface area contributed by atoms with Gasteiger partial charge in [0.05, 0.1) is 0 Å². The van der Waals surface area contributed by atoms with E-state index < -0.39 is 0 Å². The first-order chi connectivity index (χ1) is 12.0. The van der Waals surface area contributed by atoms with Gasteiger partial charge in [0.25, 0.3) is 5.91 Å². The minimum absolute atomic E-state index is 0.130. The van der Waals surface area contributed by atoms with E-state index in [1.54, 1.807) is 0 Å². The van der Waals surface area contributed by atoms with Crippen LogP contribution in [0.4, 0.5) is 0 Å². The van der Waals surface area contributed by atoms with Gasteiger partial charge in [0.2, 0.25) is 0 Å². The van der Waals surface area contributed by atoms with Gasteiger partial charge < -0.3 is 10.6 Å². The molecule has 1 aliphatic rings. The van der Waals surface area contributed by atoms with Crippen LogP contribution in [0.5, 0.6) is 0 Å². The van der Waals surface area contributed by atoms with Gasteiger partial charge in [-0.25, -0.2) is 0 Å². The van der Waals surface area contributed by atoms with Gasteiger partial charge in [-0.15, -0.1) is 11.8 Å². The van der Waals surface area contributed by atoms with Crippen LogP contribution in [0, 0.1) is 13.8 Å². The summed E-state index contributed by atoms with van der Waals surface area (Å²) < 4.78 is 0. The van der Waals surface area contributed by atoms with E-state index in [2.05, 4.69) is 38.1 Å². The highest BCUT2D eigenvalue weighted by molar-refractivity contribution is 7.98. The summed E-state index contributed by atoms with van der Waals surface area (Å²) in [6.45, 7) is 5.80. The maximum atomic E-state index is 12.7. The Balaban J connectivity index is 1.66. The molecule has 0 radical (unpaired) electrons. The minimum Gasteiger partial charge on any atom is -0.339 e. The molecule has 0 spiro atoms. The summed E-state index contributed by atoms with van der Waals surface area (Å²) in [7, 11) is 0. The number of hydrogen-bond donors (Lipinski definition) is 1. The highest BCUT2D eigenvalue weighted by Gasteiger charge is 2.21. The Hall–Kier alpha value is -1.78. The lowest BCUT2D eigenvalue weighted by atomic mass is 10.0. The standard InChI is InChI=1S/C21H26N2OS/c1-15-6-7-20(16(2)12-15)25-14-17-4-3-5-18(13-17)21(24)23-10-8-19(22)9-11-23/h3-7,12-13,19H,8-11,14,22H2,1-2H3. The van der Waals surface area contributed by atoms with Gasteiger partial charge in [-0.1, -0.05) is 29.8 Å². The predicted molar refractivity (Wildman–Crippen MR) is 105 cm³/mol. The van der Waals surface area contributed by atoms with E-state index in [1.165, 1.54) is 21.6 Å². The molecule has 3 nitrogen and oxygen atoms in total. The summed E-state index contributed by atoms with van der Waals surface area (Å²) in [6.07, 6.45) is 1.79. The Labute approximate surface area is 154 Å². The second-order valence-electron chi connectivity index (χ2n) is 6.89. The maximum absolute atomic E-state index is 12.7. The zero-order valence-electron chi connectivity index (χ0n) is 15.0. The number of nitrogens with two attached hydrogens (primary N) is 1. The summed E-state index contributed by atoms with van der Waals surface area (Å²) in [6, 6.07) is 14.8. The number of piperidine rings is 1. The fourth-order valence-electron chi connectivity index (χ4n) is 3.20. The van der Waals surface area contributed by atoms with Crippen LogP contribution in [0.3, 0.4) is 0 Å². The molecule has 1 amide bonds. The number of thioether (sulfide) groups is 1. The Morgan fingerprint density at radius 3 is 2.64 bits per heavy atom. The van der Waals surface area contributed by atoms with Crippen molar-refractivity contribution in [3.63, 3.8) is 0 Å². The SMILES string of the molecule is Cc1ccc(SCc2cccc(C(=O)N3CCC(N)CC3)c2)c(C)c1. The van der Waals surface area contributed by atoms with Crippen LogP contribution in [-0.2, 0) is 5.75 Å². The number of carbonyl (C=O) groups excluding carboxylic acids is 1. The van der Waals surface area contributed by atoms with Crippen LogP contribution in [0.2, 0.25) is 0 Å². The third kappa shape index (κ3) is 4.65. The Morgan fingerprint density at radius 1 is 1.16 bits per heavy atom. The summed E-state index contributed by atoms with van der Waals surface area (Å²) in [5.41, 5.74) is 10.5. The molecule has 1 heterocycles. The molecule has 1 fully saturated rings. The van der Waals surface area contributed by atoms with Crippen LogP contribution in [-0.4, -0.2) is 29.9 Å². The van der Waals surface area contributed by atoms with Crippen molar-refractivity contribution in [1.29, 1.82) is 0 Å². The second kappa shape index (κ2) is 8.07. The van der Waals surface area contributed by atoms with Gasteiger partial charge in [0, 0.05) is 35.3 Å². The van der Waals surface area contributed by atoms with Crippen molar-refractivity contribution in [2.24, 2.45) is 5.73 Å². The van der Waals surface area contributed by atoms with E-state index in [-0.39, 0.29) is 11.9 Å². The van der Waals surface area contributed by atoms with Crippen LogP contribution in [0.25, 0.3) is 0 Å². The van der Waals surface area contributed by atoms with Crippen LogP contribution in [0.1, 0.15) is 39.9 Å². The first-order valence-electron chi connectivity index (χ1n) is 8.87. The van der Waals surface area contributed by atoms with E-state index >= 15 is 0 Å². The third-order valence-corrected chi connectivity index (χ3v) is 5.97. The highest BCUT2D eigenvalue weighted by Crippen LogP contribution is 2.27. The molecule has 25 heavy (non-hydrogen) atoms. The molecule has 132 valence electrons. The normalized spacial score (nSPS) is 15.4. The van der Waals surface area contributed by atoms with Gasteiger partial charge in [-0.05, 0) is 56.0 Å². The zero-order valence-corrected chi connectivity index (χ0v) is 15.8. The van der Waals surface area contributed by atoms with E-state index in [0.29, 0.717) is 0 Å². The number of carbonyl (C=O) groups is 1. The number of aryl methyl sites for hydroxylation is 2. The largest absolute Gasteiger partial charge is 0.339 e. The monoisotopic (exact) mass is 354 g/mol. The average Bonchev–Trinajstić information content (AvgIpc) is 2.61. The molecule has 2 aromatic carbocycles. The van der Waals surface area contributed by atoms with Crippen LogP contribution < -0.4 is 5.73 Å². The number of likely N-dealkylation sites (tertiary alicyclic amines) is 1. The highest BCUT2D eigenvalue weighted by atomic mass is 32.2. The summed E-state index contributed by atoms with van der Waals surface area (Å²) in [4.78, 5) is 15.9. The Morgan fingerprint density at radius 2 is 1.92 bits per heavy atom. The quantitative estimate of drug-likeness (QED) is 0.839. The molecule has 0 unspecified atom stereocenters. The zero-order chi connectivity index (χ0) is 17.8. The number of hydrogen-bond acceptors (Lipinski definition) is 3. The van der Waals surface area contributed by atoms with Crippen molar-refractivity contribution in [1.82, 2.24) is 4.90 Å². The molecule has 0 atom stereocenters. The topological polar surface area (TPSA) is 46.3 Å². The molecule has 0 aromatic heterocycles. The predicted octanol–water partition coefficient (Wildman–Crippen LogP) is 4.16. The molecule has 4 heteroatoms. The molecular weight excluding hydrogens is 328 g/mol. The van der Waals surface area contributed by atoms with Crippen molar-refractivity contribution in [2.45, 2.75) is 43.4 Å². The lowest BCUT2D eigenvalue weighted by Crippen LogP contribution is -2.42. The van der Waals surface area contributed by atoms with Gasteiger partial charge in [-0.2, -0.15) is 0 Å². The fourth-order valence-corrected chi connectivity index (χ4v) is 4.15. The van der Waals surface area contributed by atoms with Crippen molar-refractivity contribution in [2.75, 3.05) is 13.1 Å². The lowest BCUT2D eigenvalue weighted by molar-refractivity contribution is 0.0714. The molecular formula is C21H26N2OS.